The van der Waals surface area contributed by atoms with E-state index in [0.717, 1.165) is 22.6 Å². The monoisotopic (exact) mass is 609 g/mol. The largest absolute Gasteiger partial charge is 0.369 e. The van der Waals surface area contributed by atoms with E-state index in [4.69, 9.17) is 15.0 Å². The molecule has 1 saturated heterocycles. The topological polar surface area (TPSA) is 126 Å². The summed E-state index contributed by atoms with van der Waals surface area (Å²) in [6, 6.07) is 5.54. The second-order valence-corrected chi connectivity index (χ2v) is 12.2. The second-order valence-electron chi connectivity index (χ2n) is 12.2. The number of Topliss-reactive ketones (excluding diaryl/α,β-unsaturated/α-hetero) is 1. The number of ketones is 1. The zero-order valence-electron chi connectivity index (χ0n) is 25.2. The minimum Gasteiger partial charge on any atom is -0.369 e. The lowest BCUT2D eigenvalue weighted by Gasteiger charge is -2.26. The number of H-pyrrole nitrogens is 1. The molecule has 0 amide bonds. The number of aromatic nitrogens is 6. The predicted molar refractivity (Wildman–Crippen MR) is 172 cm³/mol. The van der Waals surface area contributed by atoms with E-state index in [0.29, 0.717) is 39.9 Å². The minimum atomic E-state index is -1.32. The van der Waals surface area contributed by atoms with Crippen molar-refractivity contribution >= 4 is 29.4 Å². The van der Waals surface area contributed by atoms with Gasteiger partial charge in [0.05, 0.1) is 46.4 Å². The Morgan fingerprint density at radius 1 is 0.913 bits per heavy atom. The van der Waals surface area contributed by atoms with E-state index in [1.165, 1.54) is 6.20 Å². The lowest BCUT2D eigenvalue weighted by atomic mass is 9.77. The maximum absolute atomic E-state index is 14.7. The molecule has 4 aliphatic rings. The van der Waals surface area contributed by atoms with Crippen LogP contribution in [0.2, 0.25) is 0 Å². The molecule has 8 rings (SSSR count). The molecule has 0 saturated carbocycles. The first-order valence-electron chi connectivity index (χ1n) is 14.8. The molecule has 4 aliphatic heterocycles. The zero-order chi connectivity index (χ0) is 31.7. The van der Waals surface area contributed by atoms with E-state index >= 15 is 0 Å². The van der Waals surface area contributed by atoms with Crippen molar-refractivity contribution in [2.45, 2.75) is 31.8 Å². The number of carbonyl (C=O) groups is 1. The molecule has 2 atom stereocenters. The molecule has 0 aliphatic carbocycles. The molecule has 0 radical (unpaired) electrons. The number of aromatic amines is 1. The fourth-order valence-electron chi connectivity index (χ4n) is 6.27. The van der Waals surface area contributed by atoms with E-state index in [1.807, 2.05) is 74.6 Å². The van der Waals surface area contributed by atoms with Crippen LogP contribution in [0.25, 0.3) is 17.8 Å². The Hall–Kier alpha value is -5.84. The van der Waals surface area contributed by atoms with Crippen molar-refractivity contribution in [2.75, 3.05) is 0 Å². The molecule has 46 heavy (non-hydrogen) atoms. The molecule has 4 aromatic rings. The van der Waals surface area contributed by atoms with Gasteiger partial charge >= 0.3 is 0 Å². The van der Waals surface area contributed by atoms with Gasteiger partial charge in [-0.1, -0.05) is 0 Å². The van der Waals surface area contributed by atoms with Crippen molar-refractivity contribution in [3.63, 3.8) is 0 Å². The molecule has 8 heterocycles. The van der Waals surface area contributed by atoms with Crippen molar-refractivity contribution < 1.29 is 9.18 Å². The standard InChI is InChI=1S/C35H28FN9O/c1-21-38-16-22(17-39-21)35-14-27-7-6-24(42-27)12-23-4-5-25(41-23)13-26-8-10-34(43-26,15-30(44-35)33(2,3)32(35)46)31-19-45(20-40-31)29-9-11-37-18-28(29)36/h4-20,41,44H,1-3H3. The number of imidazole rings is 1. The molecule has 2 N–H and O–H groups in total. The number of nitrogens with one attached hydrogen (secondary N) is 2. The molecule has 1 fully saturated rings. The van der Waals surface area contributed by atoms with E-state index < -0.39 is 22.3 Å². The van der Waals surface area contributed by atoms with E-state index in [2.05, 4.69) is 25.3 Å². The van der Waals surface area contributed by atoms with Crippen LogP contribution in [0.3, 0.4) is 0 Å². The number of carbonyl (C=O) groups excluding carboxylic acids is 1. The molecular weight excluding hydrogens is 581 g/mol. The van der Waals surface area contributed by atoms with E-state index in [1.54, 1.807) is 42.5 Å². The summed E-state index contributed by atoms with van der Waals surface area (Å²) in [6.45, 7) is 5.58. The summed E-state index contributed by atoms with van der Waals surface area (Å²) in [5.41, 5.74) is 0.731. The number of allylic oxidation sites excluding steroid dienone is 4. The number of aryl methyl sites for hydroxylation is 1. The number of halogens is 1. The van der Waals surface area contributed by atoms with Gasteiger partial charge in [-0.25, -0.2) is 24.3 Å². The van der Waals surface area contributed by atoms with Crippen LogP contribution in [-0.2, 0) is 15.9 Å². The summed E-state index contributed by atoms with van der Waals surface area (Å²) in [5.74, 6) is 0.0208. The Morgan fingerprint density at radius 2 is 1.70 bits per heavy atom. The molecule has 226 valence electrons. The highest BCUT2D eigenvalue weighted by Gasteiger charge is 2.56. The Balaban J connectivity index is 1.38. The third-order valence-electron chi connectivity index (χ3n) is 8.76. The molecule has 0 aromatic carbocycles. The van der Waals surface area contributed by atoms with Crippen LogP contribution in [-0.4, -0.2) is 46.7 Å². The van der Waals surface area contributed by atoms with Crippen molar-refractivity contribution in [3.05, 3.63) is 137 Å². The summed E-state index contributed by atoms with van der Waals surface area (Å²) in [4.78, 5) is 45.5. The van der Waals surface area contributed by atoms with Crippen LogP contribution in [0.5, 0.6) is 0 Å². The Bertz CT molecular complexity index is 2270. The third kappa shape index (κ3) is 4.34. The van der Waals surface area contributed by atoms with Gasteiger partial charge in [-0.15, -0.1) is 0 Å². The SMILES string of the molecule is Cc1ncc(C23C=C4C=CC(=N4)C=c4ccc([nH]4)=CC4=NC(c5cn(-c6ccncc6F)cn5)(C=C4)C=C(N2)C(C)(C)C3=O)cn1. The van der Waals surface area contributed by atoms with Gasteiger partial charge in [0.15, 0.2) is 11.6 Å². The Kier molecular flexibility index (Phi) is 5.92. The van der Waals surface area contributed by atoms with E-state index in [-0.39, 0.29) is 5.78 Å². The first-order chi connectivity index (χ1) is 22.1. The van der Waals surface area contributed by atoms with Crippen LogP contribution >= 0.6 is 0 Å². The smallest absolute Gasteiger partial charge is 0.178 e. The highest BCUT2D eigenvalue weighted by molar-refractivity contribution is 6.20. The van der Waals surface area contributed by atoms with Crippen LogP contribution in [0.4, 0.5) is 4.39 Å². The van der Waals surface area contributed by atoms with Gasteiger partial charge < -0.3 is 14.9 Å². The number of fused-ring (bicyclic) bond motifs is 6. The maximum Gasteiger partial charge on any atom is 0.178 e. The summed E-state index contributed by atoms with van der Waals surface area (Å²) in [6.07, 6.45) is 24.7. The normalized spacial score (nSPS) is 24.0. The summed E-state index contributed by atoms with van der Waals surface area (Å²) in [5, 5.41) is 5.32. The number of hydrogen-bond acceptors (Lipinski definition) is 8. The van der Waals surface area contributed by atoms with Crippen LogP contribution in [0.15, 0.2) is 113 Å². The van der Waals surface area contributed by atoms with Gasteiger partial charge in [0, 0.05) is 46.7 Å². The fraction of sp³-hybridized carbons (Fsp3) is 0.171. The molecule has 0 spiro atoms. The molecule has 2 unspecified atom stereocenters. The summed E-state index contributed by atoms with van der Waals surface area (Å²) < 4.78 is 16.3. The van der Waals surface area contributed by atoms with Gasteiger partial charge in [-0.2, -0.15) is 0 Å². The van der Waals surface area contributed by atoms with Crippen molar-refractivity contribution in [1.82, 2.24) is 34.8 Å². The first-order valence-corrected chi connectivity index (χ1v) is 14.8. The highest BCUT2D eigenvalue weighted by atomic mass is 19.1. The number of nitrogens with zero attached hydrogens (tertiary/aromatic N) is 7. The van der Waals surface area contributed by atoms with Gasteiger partial charge in [-0.3, -0.25) is 14.8 Å². The summed E-state index contributed by atoms with van der Waals surface area (Å²) >= 11 is 0. The minimum absolute atomic E-state index is 0.0950. The molecule has 8 bridgehead atoms. The van der Waals surface area contributed by atoms with Gasteiger partial charge in [0.25, 0.3) is 0 Å². The van der Waals surface area contributed by atoms with Crippen molar-refractivity contribution in [1.29, 1.82) is 0 Å². The molecular formula is C35H28FN9O. The number of pyridine rings is 1. The number of hydrogen-bond donors (Lipinski definition) is 2. The molecule has 4 aromatic heterocycles. The maximum atomic E-state index is 14.7. The van der Waals surface area contributed by atoms with Crippen LogP contribution in [0, 0.1) is 18.2 Å². The van der Waals surface area contributed by atoms with Crippen molar-refractivity contribution in [2.24, 2.45) is 15.4 Å². The van der Waals surface area contributed by atoms with Crippen LogP contribution in [0.1, 0.15) is 30.9 Å². The highest BCUT2D eigenvalue weighted by Crippen LogP contribution is 2.47. The zero-order valence-corrected chi connectivity index (χ0v) is 25.2. The van der Waals surface area contributed by atoms with Crippen LogP contribution < -0.4 is 16.0 Å². The molecule has 10 nitrogen and oxygen atoms in total. The average molecular weight is 610 g/mol. The second kappa shape index (κ2) is 9.83. The van der Waals surface area contributed by atoms with Gasteiger partial charge in [-0.05, 0) is 87.6 Å². The fourth-order valence-corrected chi connectivity index (χ4v) is 6.27. The quantitative estimate of drug-likeness (QED) is 0.368. The van der Waals surface area contributed by atoms with Gasteiger partial charge in [0.1, 0.15) is 16.9 Å². The third-order valence-corrected chi connectivity index (χ3v) is 8.76. The Labute approximate surface area is 263 Å². The molecule has 11 heteroatoms. The van der Waals surface area contributed by atoms with E-state index in [9.17, 15) is 9.18 Å². The number of rotatable bonds is 3. The summed E-state index contributed by atoms with van der Waals surface area (Å²) in [7, 11) is 0. The number of aliphatic imine (C=N–C) groups is 2. The lowest BCUT2D eigenvalue weighted by molar-refractivity contribution is -0.127. The van der Waals surface area contributed by atoms with Crippen molar-refractivity contribution in [3.8, 4) is 5.69 Å². The lowest BCUT2D eigenvalue weighted by Crippen LogP contribution is -2.42. The Morgan fingerprint density at radius 3 is 2.48 bits per heavy atom. The first kappa shape index (κ1) is 27.7. The van der Waals surface area contributed by atoms with Gasteiger partial charge in [0.2, 0.25) is 0 Å². The predicted octanol–water partition coefficient (Wildman–Crippen LogP) is 3.19. The average Bonchev–Trinajstić information content (AvgIpc) is 3.87.